The number of ether oxygens (including phenoxy) is 2. The second kappa shape index (κ2) is 37.9. The quantitative estimate of drug-likeness (QED) is 0.0104. The predicted octanol–water partition coefficient (Wildman–Crippen LogP) is 8.02. The Hall–Kier alpha value is -3.27. The van der Waals surface area contributed by atoms with Crippen molar-refractivity contribution in [3.63, 3.8) is 0 Å². The number of unbranched alkanes of at least 4 members (excludes halogenated alkanes) is 7. The number of esters is 2. The van der Waals surface area contributed by atoms with Crippen molar-refractivity contribution in [2.24, 2.45) is 0 Å². The Morgan fingerprint density at radius 1 is 0.578 bits per heavy atom. The highest BCUT2D eigenvalue weighted by Crippen LogP contribution is 2.47. The summed E-state index contributed by atoms with van der Waals surface area (Å²) in [7, 11) is -5.19. The summed E-state index contributed by atoms with van der Waals surface area (Å²) in [5.74, 6) is -1.38. The zero-order valence-corrected chi connectivity index (χ0v) is 39.0. The molecule has 64 heavy (non-hydrogen) atoms. The normalized spacial score (nSPS) is 23.0. The highest BCUT2D eigenvalue weighted by Gasteiger charge is 2.51. The average Bonchev–Trinajstić information content (AvgIpc) is 3.27. The van der Waals surface area contributed by atoms with Gasteiger partial charge in [0, 0.05) is 12.8 Å². The van der Waals surface area contributed by atoms with Crippen molar-refractivity contribution in [1.82, 2.24) is 0 Å². The summed E-state index contributed by atoms with van der Waals surface area (Å²) in [6.45, 7) is 2.95. The maximum atomic E-state index is 12.8. The van der Waals surface area contributed by atoms with E-state index in [4.69, 9.17) is 18.5 Å². The molecule has 0 aromatic heterocycles. The molecule has 0 aliphatic heterocycles. The third-order valence-electron chi connectivity index (χ3n) is 10.0. The number of rotatable bonds is 36. The molecular weight excluding hydrogens is 843 g/mol. The summed E-state index contributed by atoms with van der Waals surface area (Å²) in [6, 6.07) is 0. The molecule has 1 fully saturated rings. The van der Waals surface area contributed by atoms with Gasteiger partial charge in [-0.15, -0.1) is 0 Å². The molecule has 1 aliphatic rings. The Bertz CT molecular complexity index is 1500. The Labute approximate surface area is 382 Å². The van der Waals surface area contributed by atoms with Gasteiger partial charge in [0.05, 0.1) is 12.7 Å². The Morgan fingerprint density at radius 2 is 1.08 bits per heavy atom. The molecule has 7 N–H and O–H groups in total. The second-order valence-electron chi connectivity index (χ2n) is 15.7. The van der Waals surface area contributed by atoms with Crippen LogP contribution in [0.25, 0.3) is 0 Å². The molecule has 0 aromatic rings. The first-order valence-corrected chi connectivity index (χ1v) is 24.6. The van der Waals surface area contributed by atoms with Gasteiger partial charge in [0.2, 0.25) is 0 Å². The zero-order valence-electron chi connectivity index (χ0n) is 38.1. The van der Waals surface area contributed by atoms with Crippen molar-refractivity contribution in [3.05, 3.63) is 97.2 Å². The van der Waals surface area contributed by atoms with Crippen molar-refractivity contribution in [2.75, 3.05) is 13.2 Å². The van der Waals surface area contributed by atoms with E-state index in [0.29, 0.717) is 12.8 Å². The van der Waals surface area contributed by atoms with Crippen LogP contribution < -0.4 is 0 Å². The van der Waals surface area contributed by atoms with Gasteiger partial charge in [-0.1, -0.05) is 143 Å². The lowest BCUT2D eigenvalue weighted by molar-refractivity contribution is -0.220. The Morgan fingerprint density at radius 3 is 1.67 bits per heavy atom. The van der Waals surface area contributed by atoms with E-state index in [9.17, 15) is 49.7 Å². The lowest BCUT2D eigenvalue weighted by Gasteiger charge is -2.41. The monoisotopic (exact) mass is 923 g/mol. The number of carbonyl (C=O) groups is 2. The molecule has 0 saturated heterocycles. The molecular formula is C49H79O14P. The summed E-state index contributed by atoms with van der Waals surface area (Å²) >= 11 is 0. The minimum Gasteiger partial charge on any atom is -0.462 e. The summed E-state index contributed by atoms with van der Waals surface area (Å²) in [4.78, 5) is 35.7. The maximum absolute atomic E-state index is 12.8. The van der Waals surface area contributed by atoms with Crippen LogP contribution in [0.4, 0.5) is 0 Å². The van der Waals surface area contributed by atoms with Gasteiger partial charge in [0.25, 0.3) is 0 Å². The van der Waals surface area contributed by atoms with Gasteiger partial charge in [-0.05, 0) is 77.0 Å². The molecule has 15 heteroatoms. The van der Waals surface area contributed by atoms with Gasteiger partial charge < -0.3 is 45.0 Å². The summed E-state index contributed by atoms with van der Waals surface area (Å²) in [6.07, 6.45) is 33.4. The van der Waals surface area contributed by atoms with E-state index in [-0.39, 0.29) is 25.7 Å². The van der Waals surface area contributed by atoms with E-state index in [1.165, 1.54) is 38.5 Å². The first-order chi connectivity index (χ1) is 30.8. The fourth-order valence-electron chi connectivity index (χ4n) is 6.27. The number of aliphatic hydroxyl groups is 6. The molecule has 0 aromatic carbocycles. The lowest BCUT2D eigenvalue weighted by atomic mass is 9.85. The highest BCUT2D eigenvalue weighted by molar-refractivity contribution is 7.47. The van der Waals surface area contributed by atoms with Gasteiger partial charge in [0.1, 0.15) is 43.2 Å². The predicted molar refractivity (Wildman–Crippen MR) is 250 cm³/mol. The topological polar surface area (TPSA) is 230 Å². The fourth-order valence-corrected chi connectivity index (χ4v) is 7.24. The van der Waals surface area contributed by atoms with Gasteiger partial charge in [-0.2, -0.15) is 0 Å². The minimum absolute atomic E-state index is 0.0486. The highest BCUT2D eigenvalue weighted by atomic mass is 31.2. The molecule has 0 spiro atoms. The lowest BCUT2D eigenvalue weighted by Crippen LogP contribution is -2.64. The molecule has 9 atom stereocenters. The third-order valence-corrected chi connectivity index (χ3v) is 11.0. The Balaban J connectivity index is 2.60. The molecule has 0 amide bonds. The second-order valence-corrected chi connectivity index (χ2v) is 17.1. The van der Waals surface area contributed by atoms with Gasteiger partial charge >= 0.3 is 19.8 Å². The third kappa shape index (κ3) is 30.0. The number of phosphoric acid groups is 1. The van der Waals surface area contributed by atoms with Crippen molar-refractivity contribution < 1.29 is 68.2 Å². The molecule has 0 heterocycles. The van der Waals surface area contributed by atoms with E-state index < -0.39 is 81.8 Å². The van der Waals surface area contributed by atoms with Crippen LogP contribution in [-0.4, -0.2) is 110 Å². The smallest absolute Gasteiger partial charge is 0.462 e. The molecule has 4 unspecified atom stereocenters. The molecule has 364 valence electrons. The summed E-state index contributed by atoms with van der Waals surface area (Å²) in [5.41, 5.74) is 0. The van der Waals surface area contributed by atoms with Crippen molar-refractivity contribution in [2.45, 2.75) is 185 Å². The number of carbonyl (C=O) groups excluding carboxylic acids is 2. The number of hydrogen-bond donors (Lipinski definition) is 7. The van der Waals surface area contributed by atoms with Crippen LogP contribution in [0.15, 0.2) is 97.2 Å². The first-order valence-electron chi connectivity index (χ1n) is 23.1. The van der Waals surface area contributed by atoms with E-state index in [0.717, 1.165) is 44.9 Å². The molecule has 0 bridgehead atoms. The van der Waals surface area contributed by atoms with E-state index in [1.807, 2.05) is 24.3 Å². The SMILES string of the molecule is CC/C=C\C/C=C\C/C=C\C/C=C\C=C\C(O)CCCC(=O)O[C@H](COC(=O)CCC/C=C\C/C=C\C/C=C\CCCCCCCC)COP(=O)(O)OC1[C@H](O)[C@H](O)C(O)[C@H](O)[C@H]1O. The van der Waals surface area contributed by atoms with E-state index in [1.54, 1.807) is 12.2 Å². The molecule has 1 aliphatic carbocycles. The number of hydrogen-bond acceptors (Lipinski definition) is 13. The average molecular weight is 923 g/mol. The standard InChI is InChI=1S/C49H79O14P/c1-3-5-7-9-11-13-15-17-18-19-20-22-24-26-28-30-32-36-42(51)60-38-41(39-61-64(58,59)63-49-47(56)45(54)44(53)46(55)48(49)57)62-43(52)37-33-35-40(50)34-31-29-27-25-23-21-16-14-12-10-8-6-4-2/h6,8,12,14,17-18,20-23,26-29,31,34,40-41,44-50,53-57H,3-5,7,9-11,13,15-16,19,24-25,30,32-33,35-39H2,1-2H3,(H,58,59)/b8-6-,14-12-,18-17-,22-20-,23-21-,28-26-,29-27-,34-31+/t40?,41-,44?,45-,46+,47-,48-,49?/m1/s1. The van der Waals surface area contributed by atoms with Crippen molar-refractivity contribution >= 4 is 19.8 Å². The van der Waals surface area contributed by atoms with Crippen molar-refractivity contribution in [3.8, 4) is 0 Å². The van der Waals surface area contributed by atoms with Crippen LogP contribution in [0.3, 0.4) is 0 Å². The van der Waals surface area contributed by atoms with Crippen LogP contribution in [-0.2, 0) is 32.7 Å². The van der Waals surface area contributed by atoms with Crippen LogP contribution in [0.2, 0.25) is 0 Å². The maximum Gasteiger partial charge on any atom is 0.472 e. The van der Waals surface area contributed by atoms with Crippen LogP contribution in [0.1, 0.15) is 136 Å². The Kier molecular flexibility index (Phi) is 34.8. The van der Waals surface area contributed by atoms with Gasteiger partial charge in [0.15, 0.2) is 6.10 Å². The van der Waals surface area contributed by atoms with Crippen LogP contribution in [0.5, 0.6) is 0 Å². The van der Waals surface area contributed by atoms with Gasteiger partial charge in [-0.25, -0.2) is 4.57 Å². The molecule has 14 nitrogen and oxygen atoms in total. The number of allylic oxidation sites excluding steroid dienone is 15. The number of phosphoric ester groups is 1. The largest absolute Gasteiger partial charge is 0.472 e. The first kappa shape index (κ1) is 58.7. The number of aliphatic hydroxyl groups excluding tert-OH is 6. The van der Waals surface area contributed by atoms with E-state index in [2.05, 4.69) is 74.6 Å². The van der Waals surface area contributed by atoms with Crippen LogP contribution >= 0.6 is 7.82 Å². The zero-order chi connectivity index (χ0) is 47.3. The van der Waals surface area contributed by atoms with Crippen molar-refractivity contribution in [1.29, 1.82) is 0 Å². The fraction of sp³-hybridized carbons (Fsp3) is 0.633. The summed E-state index contributed by atoms with van der Waals surface area (Å²) < 4.78 is 33.3. The van der Waals surface area contributed by atoms with Crippen LogP contribution in [0, 0.1) is 0 Å². The molecule has 1 rings (SSSR count). The molecule has 1 saturated carbocycles. The molecule has 0 radical (unpaired) electrons. The van der Waals surface area contributed by atoms with E-state index >= 15 is 0 Å². The minimum atomic E-state index is -5.19. The van der Waals surface area contributed by atoms with Gasteiger partial charge in [-0.3, -0.25) is 18.6 Å². The summed E-state index contributed by atoms with van der Waals surface area (Å²) in [5, 5.41) is 60.5.